The van der Waals surface area contributed by atoms with Gasteiger partial charge in [0, 0.05) is 17.0 Å². The molecule has 0 bridgehead atoms. The second-order valence-electron chi connectivity index (χ2n) is 4.80. The first-order valence-corrected chi connectivity index (χ1v) is 6.08. The predicted molar refractivity (Wildman–Crippen MR) is 73.2 cm³/mol. The van der Waals surface area contributed by atoms with E-state index in [2.05, 4.69) is 0 Å². The van der Waals surface area contributed by atoms with Gasteiger partial charge in [-0.2, -0.15) is 0 Å². The van der Waals surface area contributed by atoms with E-state index in [-0.39, 0.29) is 11.7 Å². The lowest BCUT2D eigenvalue weighted by Gasteiger charge is -2.17. The van der Waals surface area contributed by atoms with Gasteiger partial charge in [0.15, 0.2) is 0 Å². The maximum atomic E-state index is 10.2. The first-order valence-electron chi connectivity index (χ1n) is 6.08. The summed E-state index contributed by atoms with van der Waals surface area (Å²) in [5.41, 5.74) is 3.67. The molecule has 1 unspecified atom stereocenters. The average molecular weight is 242 g/mol. The second kappa shape index (κ2) is 4.73. The van der Waals surface area contributed by atoms with Crippen molar-refractivity contribution in [3.8, 4) is 11.5 Å². The molecule has 2 aromatic carbocycles. The van der Waals surface area contributed by atoms with E-state index in [0.717, 1.165) is 22.3 Å². The first kappa shape index (κ1) is 12.5. The number of hydrogen-bond donors (Lipinski definition) is 2. The minimum atomic E-state index is -0.0372. The van der Waals surface area contributed by atoms with Gasteiger partial charge >= 0.3 is 0 Å². The van der Waals surface area contributed by atoms with Crippen molar-refractivity contribution in [3.05, 3.63) is 58.7 Å². The summed E-state index contributed by atoms with van der Waals surface area (Å²) in [6, 6.07) is 11.2. The van der Waals surface area contributed by atoms with Crippen LogP contribution in [0.15, 0.2) is 36.4 Å². The van der Waals surface area contributed by atoms with Gasteiger partial charge in [0.1, 0.15) is 11.5 Å². The van der Waals surface area contributed by atoms with Crippen LogP contribution in [0.3, 0.4) is 0 Å². The zero-order chi connectivity index (χ0) is 13.3. The molecule has 94 valence electrons. The Balaban J connectivity index is 2.53. The molecule has 0 fully saturated rings. The zero-order valence-electron chi connectivity index (χ0n) is 10.9. The molecular weight excluding hydrogens is 224 g/mol. The molecule has 2 heteroatoms. The van der Waals surface area contributed by atoms with E-state index in [1.165, 1.54) is 0 Å². The fourth-order valence-electron chi connectivity index (χ4n) is 2.34. The Kier molecular flexibility index (Phi) is 3.28. The molecule has 0 saturated heterocycles. The van der Waals surface area contributed by atoms with Crippen LogP contribution in [0, 0.1) is 13.8 Å². The number of hydrogen-bond acceptors (Lipinski definition) is 2. The lowest BCUT2D eigenvalue weighted by molar-refractivity contribution is 0.454. The summed E-state index contributed by atoms with van der Waals surface area (Å²) in [5, 5.41) is 20.1. The van der Waals surface area contributed by atoms with Gasteiger partial charge in [0.05, 0.1) is 0 Å². The highest BCUT2D eigenvalue weighted by Gasteiger charge is 2.17. The quantitative estimate of drug-likeness (QED) is 0.839. The Morgan fingerprint density at radius 3 is 2.28 bits per heavy atom. The van der Waals surface area contributed by atoms with Crippen LogP contribution in [0.4, 0.5) is 0 Å². The van der Waals surface area contributed by atoms with Crippen LogP contribution in [-0.2, 0) is 0 Å². The third kappa shape index (κ3) is 2.19. The summed E-state index contributed by atoms with van der Waals surface area (Å²) in [5.74, 6) is 0.546. The third-order valence-corrected chi connectivity index (χ3v) is 3.34. The summed E-state index contributed by atoms with van der Waals surface area (Å²) in [6.07, 6.45) is 0. The van der Waals surface area contributed by atoms with Crippen molar-refractivity contribution in [3.63, 3.8) is 0 Å². The summed E-state index contributed by atoms with van der Waals surface area (Å²) in [6.45, 7) is 5.89. The highest BCUT2D eigenvalue weighted by Crippen LogP contribution is 2.37. The van der Waals surface area contributed by atoms with Crippen molar-refractivity contribution in [2.75, 3.05) is 0 Å². The SMILES string of the molecule is Cc1cc(C)c(O)c(C(C)c2ccccc2O)c1. The van der Waals surface area contributed by atoms with E-state index in [0.29, 0.717) is 5.75 Å². The van der Waals surface area contributed by atoms with Gasteiger partial charge in [0.2, 0.25) is 0 Å². The summed E-state index contributed by atoms with van der Waals surface area (Å²) >= 11 is 0. The van der Waals surface area contributed by atoms with Crippen LogP contribution in [-0.4, -0.2) is 10.2 Å². The molecule has 2 nitrogen and oxygen atoms in total. The van der Waals surface area contributed by atoms with Crippen molar-refractivity contribution in [2.45, 2.75) is 26.7 Å². The number of phenolic OH excluding ortho intramolecular Hbond substituents is 2. The molecule has 2 N–H and O–H groups in total. The summed E-state index contributed by atoms with van der Waals surface area (Å²) in [4.78, 5) is 0. The molecule has 0 amide bonds. The van der Waals surface area contributed by atoms with Crippen LogP contribution < -0.4 is 0 Å². The van der Waals surface area contributed by atoms with Gasteiger partial charge in [-0.1, -0.05) is 42.8 Å². The minimum Gasteiger partial charge on any atom is -0.508 e. The van der Waals surface area contributed by atoms with Gasteiger partial charge < -0.3 is 10.2 Å². The van der Waals surface area contributed by atoms with E-state index >= 15 is 0 Å². The van der Waals surface area contributed by atoms with Gasteiger partial charge in [-0.3, -0.25) is 0 Å². The van der Waals surface area contributed by atoms with Crippen molar-refractivity contribution in [2.24, 2.45) is 0 Å². The Labute approximate surface area is 108 Å². The molecule has 2 aromatic rings. The molecule has 0 aliphatic carbocycles. The number of aromatic hydroxyl groups is 2. The highest BCUT2D eigenvalue weighted by molar-refractivity contribution is 5.50. The average Bonchev–Trinajstić information content (AvgIpc) is 2.33. The molecule has 1 atom stereocenters. The summed E-state index contributed by atoms with van der Waals surface area (Å²) in [7, 11) is 0. The molecular formula is C16H18O2. The van der Waals surface area contributed by atoms with Crippen molar-refractivity contribution >= 4 is 0 Å². The molecule has 18 heavy (non-hydrogen) atoms. The van der Waals surface area contributed by atoms with Crippen molar-refractivity contribution < 1.29 is 10.2 Å². The van der Waals surface area contributed by atoms with E-state index < -0.39 is 0 Å². The van der Waals surface area contributed by atoms with Gasteiger partial charge in [-0.25, -0.2) is 0 Å². The topological polar surface area (TPSA) is 40.5 Å². The summed E-state index contributed by atoms with van der Waals surface area (Å²) < 4.78 is 0. The predicted octanol–water partition coefficient (Wildman–Crippen LogP) is 3.87. The number of rotatable bonds is 2. The molecule has 0 aromatic heterocycles. The first-order chi connectivity index (χ1) is 8.50. The van der Waals surface area contributed by atoms with Crippen LogP contribution >= 0.6 is 0 Å². The molecule has 0 radical (unpaired) electrons. The number of aryl methyl sites for hydroxylation is 2. The normalized spacial score (nSPS) is 12.4. The van der Waals surface area contributed by atoms with Crippen LogP contribution in [0.2, 0.25) is 0 Å². The highest BCUT2D eigenvalue weighted by atomic mass is 16.3. The number of benzene rings is 2. The minimum absolute atomic E-state index is 0.0372. The largest absolute Gasteiger partial charge is 0.508 e. The Bertz CT molecular complexity index is 573. The monoisotopic (exact) mass is 242 g/mol. The van der Waals surface area contributed by atoms with Crippen LogP contribution in [0.25, 0.3) is 0 Å². The van der Waals surface area contributed by atoms with Crippen LogP contribution in [0.1, 0.15) is 35.1 Å². The Morgan fingerprint density at radius 1 is 0.944 bits per heavy atom. The lowest BCUT2D eigenvalue weighted by Crippen LogP contribution is -1.99. The van der Waals surface area contributed by atoms with Gasteiger partial charge in [-0.15, -0.1) is 0 Å². The zero-order valence-corrected chi connectivity index (χ0v) is 10.9. The van der Waals surface area contributed by atoms with Crippen molar-refractivity contribution in [1.82, 2.24) is 0 Å². The fourth-order valence-corrected chi connectivity index (χ4v) is 2.34. The molecule has 0 spiro atoms. The van der Waals surface area contributed by atoms with Gasteiger partial charge in [-0.05, 0) is 25.5 Å². The smallest absolute Gasteiger partial charge is 0.122 e. The number of para-hydroxylation sites is 1. The van der Waals surface area contributed by atoms with Gasteiger partial charge in [0.25, 0.3) is 0 Å². The molecule has 0 aliphatic rings. The molecule has 0 saturated carbocycles. The van der Waals surface area contributed by atoms with E-state index in [4.69, 9.17) is 0 Å². The van der Waals surface area contributed by atoms with E-state index in [1.54, 1.807) is 12.1 Å². The Hall–Kier alpha value is -1.96. The van der Waals surface area contributed by atoms with Crippen molar-refractivity contribution in [1.29, 1.82) is 0 Å². The molecule has 0 heterocycles. The number of phenols is 2. The Morgan fingerprint density at radius 2 is 1.61 bits per heavy atom. The van der Waals surface area contributed by atoms with E-state index in [9.17, 15) is 10.2 Å². The third-order valence-electron chi connectivity index (χ3n) is 3.34. The molecule has 2 rings (SSSR count). The van der Waals surface area contributed by atoms with E-state index in [1.807, 2.05) is 45.0 Å². The van der Waals surface area contributed by atoms with Crippen LogP contribution in [0.5, 0.6) is 11.5 Å². The molecule has 0 aliphatic heterocycles. The maximum Gasteiger partial charge on any atom is 0.122 e. The second-order valence-corrected chi connectivity index (χ2v) is 4.80. The maximum absolute atomic E-state index is 10.2. The lowest BCUT2D eigenvalue weighted by atomic mass is 9.89. The fraction of sp³-hybridized carbons (Fsp3) is 0.250. The standard InChI is InChI=1S/C16H18O2/c1-10-8-11(2)16(18)14(9-10)12(3)13-6-4-5-7-15(13)17/h4-9,12,17-18H,1-3H3.